The van der Waals surface area contributed by atoms with Crippen LogP contribution in [0.4, 0.5) is 11.5 Å². The first kappa shape index (κ1) is 11.0. The number of anilines is 2. The van der Waals surface area contributed by atoms with E-state index in [1.165, 1.54) is 0 Å². The first-order valence-electron chi connectivity index (χ1n) is 5.42. The number of hydrogen-bond donors (Lipinski definition) is 1. The average Bonchev–Trinajstić information content (AvgIpc) is 2.40. The molecule has 1 aromatic rings. The van der Waals surface area contributed by atoms with Crippen molar-refractivity contribution in [1.29, 1.82) is 0 Å². The Balaban J connectivity index is 2.57. The molecule has 16 heavy (non-hydrogen) atoms. The van der Waals surface area contributed by atoms with Crippen LogP contribution in [-0.2, 0) is 11.8 Å². The van der Waals surface area contributed by atoms with Crippen LogP contribution in [0, 0.1) is 6.92 Å². The second-order valence-corrected chi connectivity index (χ2v) is 5.21. The summed E-state index contributed by atoms with van der Waals surface area (Å²) in [6.45, 7) is 8.58. The zero-order valence-corrected chi connectivity index (χ0v) is 10.5. The van der Waals surface area contributed by atoms with Gasteiger partial charge in [0.15, 0.2) is 5.82 Å². The predicted octanol–water partition coefficient (Wildman–Crippen LogP) is 1.29. The highest BCUT2D eigenvalue weighted by molar-refractivity contribution is 6.01. The highest BCUT2D eigenvalue weighted by Gasteiger charge is 2.34. The minimum Gasteiger partial charge on any atom is -0.341 e. The Kier molecular flexibility index (Phi) is 2.22. The molecule has 0 radical (unpaired) electrons. The summed E-state index contributed by atoms with van der Waals surface area (Å²) < 4.78 is 1.83. The van der Waals surface area contributed by atoms with Gasteiger partial charge in [-0.25, -0.2) is 0 Å². The molecule has 0 atom stereocenters. The van der Waals surface area contributed by atoms with Gasteiger partial charge in [-0.1, -0.05) is 0 Å². The van der Waals surface area contributed by atoms with Crippen LogP contribution in [0.3, 0.4) is 0 Å². The lowest BCUT2D eigenvalue weighted by atomic mass is 10.0. The van der Waals surface area contributed by atoms with Crippen LogP contribution >= 0.6 is 0 Å². The van der Waals surface area contributed by atoms with E-state index in [1.54, 1.807) is 0 Å². The molecule has 0 fully saturated rings. The summed E-state index contributed by atoms with van der Waals surface area (Å²) >= 11 is 0. The van der Waals surface area contributed by atoms with Crippen molar-refractivity contribution in [1.82, 2.24) is 9.78 Å². The van der Waals surface area contributed by atoms with Crippen molar-refractivity contribution in [2.75, 3.05) is 16.8 Å². The van der Waals surface area contributed by atoms with Gasteiger partial charge < -0.3 is 10.2 Å². The van der Waals surface area contributed by atoms with E-state index >= 15 is 0 Å². The summed E-state index contributed by atoms with van der Waals surface area (Å²) in [6.07, 6.45) is 0. The number of nitrogens with zero attached hydrogens (tertiary/aromatic N) is 3. The van der Waals surface area contributed by atoms with Crippen molar-refractivity contribution in [3.05, 3.63) is 5.69 Å². The number of carbonyl (C=O) groups is 1. The van der Waals surface area contributed by atoms with Crippen molar-refractivity contribution in [3.63, 3.8) is 0 Å². The first-order chi connectivity index (χ1) is 7.30. The average molecular weight is 222 g/mol. The number of carbonyl (C=O) groups excluding carboxylic acids is 1. The molecule has 5 heteroatoms. The van der Waals surface area contributed by atoms with Gasteiger partial charge in [0.1, 0.15) is 5.69 Å². The van der Waals surface area contributed by atoms with Crippen LogP contribution in [0.15, 0.2) is 0 Å². The maximum atomic E-state index is 11.7. The minimum atomic E-state index is -0.0905. The monoisotopic (exact) mass is 222 g/mol. The smallest absolute Gasteiger partial charge is 0.244 e. The van der Waals surface area contributed by atoms with Crippen LogP contribution in [-0.4, -0.2) is 27.8 Å². The minimum absolute atomic E-state index is 0.0264. The Morgan fingerprint density at radius 2 is 2.00 bits per heavy atom. The summed E-state index contributed by atoms with van der Waals surface area (Å²) in [5, 5.41) is 7.24. The normalized spacial score (nSPS) is 16.1. The molecule has 1 N–H and O–H groups in total. The molecule has 1 aliphatic rings. The number of aryl methyl sites for hydroxylation is 2. The van der Waals surface area contributed by atoms with Gasteiger partial charge in [-0.15, -0.1) is 0 Å². The molecule has 0 aromatic carbocycles. The van der Waals surface area contributed by atoms with E-state index in [0.717, 1.165) is 17.2 Å². The Labute approximate surface area is 95.4 Å². The van der Waals surface area contributed by atoms with Gasteiger partial charge in [-0.3, -0.25) is 9.48 Å². The highest BCUT2D eigenvalue weighted by Crippen LogP contribution is 2.35. The van der Waals surface area contributed by atoms with Crippen LogP contribution in [0.2, 0.25) is 0 Å². The molecular formula is C11H18N4O. The number of rotatable bonds is 0. The van der Waals surface area contributed by atoms with E-state index in [0.29, 0.717) is 6.54 Å². The summed E-state index contributed by atoms with van der Waals surface area (Å²) in [5.74, 6) is 1.02. The maximum Gasteiger partial charge on any atom is 0.244 e. The first-order valence-corrected chi connectivity index (χ1v) is 5.42. The zero-order chi connectivity index (χ0) is 12.1. The molecule has 88 valence electrons. The largest absolute Gasteiger partial charge is 0.341 e. The second kappa shape index (κ2) is 3.23. The van der Waals surface area contributed by atoms with Gasteiger partial charge in [-0.2, -0.15) is 5.10 Å². The quantitative estimate of drug-likeness (QED) is 0.719. The molecule has 5 nitrogen and oxygen atoms in total. The number of fused-ring (bicyclic) bond motifs is 1. The molecule has 1 amide bonds. The molecule has 0 saturated carbocycles. The van der Waals surface area contributed by atoms with E-state index in [1.807, 2.05) is 18.7 Å². The van der Waals surface area contributed by atoms with Crippen molar-refractivity contribution < 1.29 is 4.79 Å². The molecule has 0 aliphatic carbocycles. The highest BCUT2D eigenvalue weighted by atomic mass is 16.2. The fourth-order valence-electron chi connectivity index (χ4n) is 2.05. The molecule has 1 aliphatic heterocycles. The SMILES string of the molecule is Cc1nn(C)c2c1NC(=O)CN2C(C)(C)C. The van der Waals surface area contributed by atoms with Gasteiger partial charge in [0, 0.05) is 12.6 Å². The molecule has 0 spiro atoms. The van der Waals surface area contributed by atoms with Crippen LogP contribution in [0.25, 0.3) is 0 Å². The lowest BCUT2D eigenvalue weighted by molar-refractivity contribution is -0.115. The van der Waals surface area contributed by atoms with Crippen LogP contribution < -0.4 is 10.2 Å². The predicted molar refractivity (Wildman–Crippen MR) is 63.7 cm³/mol. The molecule has 2 heterocycles. The van der Waals surface area contributed by atoms with Crippen molar-refractivity contribution in [2.24, 2.45) is 7.05 Å². The van der Waals surface area contributed by atoms with E-state index in [-0.39, 0.29) is 11.4 Å². The standard InChI is InChI=1S/C11H18N4O/c1-7-9-10(14(5)13-7)15(11(2,3)4)6-8(16)12-9/h6H2,1-5H3,(H,12,16). The van der Waals surface area contributed by atoms with Gasteiger partial charge in [0.05, 0.1) is 12.2 Å². The van der Waals surface area contributed by atoms with Crippen molar-refractivity contribution >= 4 is 17.4 Å². The second-order valence-electron chi connectivity index (χ2n) is 5.21. The summed E-state index contributed by atoms with van der Waals surface area (Å²) in [4.78, 5) is 13.7. The van der Waals surface area contributed by atoms with Gasteiger partial charge in [0.25, 0.3) is 0 Å². The number of hydrogen-bond acceptors (Lipinski definition) is 3. The molecular weight excluding hydrogens is 204 g/mol. The molecule has 0 saturated heterocycles. The molecule has 0 unspecified atom stereocenters. The van der Waals surface area contributed by atoms with Crippen molar-refractivity contribution in [3.8, 4) is 0 Å². The summed E-state index contributed by atoms with van der Waals surface area (Å²) in [5.41, 5.74) is 1.61. The lowest BCUT2D eigenvalue weighted by Gasteiger charge is -2.39. The molecule has 2 rings (SSSR count). The Morgan fingerprint density at radius 3 is 2.56 bits per heavy atom. The van der Waals surface area contributed by atoms with Crippen LogP contribution in [0.5, 0.6) is 0 Å². The Hall–Kier alpha value is -1.52. The van der Waals surface area contributed by atoms with E-state index in [9.17, 15) is 4.79 Å². The number of amides is 1. The zero-order valence-electron chi connectivity index (χ0n) is 10.5. The Morgan fingerprint density at radius 1 is 1.38 bits per heavy atom. The van der Waals surface area contributed by atoms with E-state index in [2.05, 4.69) is 36.1 Å². The third kappa shape index (κ3) is 1.56. The maximum absolute atomic E-state index is 11.7. The molecule has 0 bridgehead atoms. The summed E-state index contributed by atoms with van der Waals surface area (Å²) in [6, 6.07) is 0. The summed E-state index contributed by atoms with van der Waals surface area (Å²) in [7, 11) is 1.90. The van der Waals surface area contributed by atoms with E-state index in [4.69, 9.17) is 0 Å². The number of aromatic nitrogens is 2. The topological polar surface area (TPSA) is 50.2 Å². The fourth-order valence-corrected chi connectivity index (χ4v) is 2.05. The van der Waals surface area contributed by atoms with Crippen LogP contribution in [0.1, 0.15) is 26.5 Å². The lowest BCUT2D eigenvalue weighted by Crippen LogP contribution is -2.49. The fraction of sp³-hybridized carbons (Fsp3) is 0.636. The third-order valence-electron chi connectivity index (χ3n) is 2.82. The van der Waals surface area contributed by atoms with Gasteiger partial charge in [0.2, 0.25) is 5.91 Å². The van der Waals surface area contributed by atoms with Gasteiger partial charge >= 0.3 is 0 Å². The third-order valence-corrected chi connectivity index (χ3v) is 2.82. The van der Waals surface area contributed by atoms with Crippen molar-refractivity contribution in [2.45, 2.75) is 33.2 Å². The van der Waals surface area contributed by atoms with Gasteiger partial charge in [-0.05, 0) is 27.7 Å². The molecule has 1 aromatic heterocycles. The van der Waals surface area contributed by atoms with E-state index < -0.39 is 0 Å². The Bertz CT molecular complexity index is 442. The number of nitrogens with one attached hydrogen (secondary N) is 1.